The molecule has 1 aliphatic carbocycles. The van der Waals surface area contributed by atoms with Crippen LogP contribution < -0.4 is 5.32 Å². The highest BCUT2D eigenvalue weighted by Crippen LogP contribution is 2.28. The van der Waals surface area contributed by atoms with Gasteiger partial charge in [-0.2, -0.15) is 0 Å². The number of aryl methyl sites for hydroxylation is 1. The summed E-state index contributed by atoms with van der Waals surface area (Å²) < 4.78 is 4.79. The first-order valence-corrected chi connectivity index (χ1v) is 8.05. The molecule has 1 aliphatic rings. The number of amides is 1. The Kier molecular flexibility index (Phi) is 5.63. The van der Waals surface area contributed by atoms with Crippen molar-refractivity contribution in [2.75, 3.05) is 7.11 Å². The van der Waals surface area contributed by atoms with E-state index >= 15 is 0 Å². The zero-order chi connectivity index (χ0) is 16.1. The van der Waals surface area contributed by atoms with Crippen LogP contribution in [0.25, 0.3) is 0 Å². The summed E-state index contributed by atoms with van der Waals surface area (Å²) in [6.45, 7) is 3.90. The highest BCUT2D eigenvalue weighted by molar-refractivity contribution is 5.94. The fourth-order valence-corrected chi connectivity index (χ4v) is 3.21. The number of hydrogen-bond acceptors (Lipinski definition) is 3. The molecule has 5 heteroatoms. The number of nitrogens with one attached hydrogen (secondary N) is 2. The van der Waals surface area contributed by atoms with Crippen LogP contribution in [0.4, 0.5) is 0 Å². The SMILES string of the molecule is COC(=O)CC(NC(=O)c1[nH]cc(C)c1C)C1CCCCC1. The first-order chi connectivity index (χ1) is 10.5. The molecule has 0 spiro atoms. The number of hydrogen-bond donors (Lipinski definition) is 2. The topological polar surface area (TPSA) is 71.2 Å². The van der Waals surface area contributed by atoms with Gasteiger partial charge in [-0.3, -0.25) is 9.59 Å². The van der Waals surface area contributed by atoms with Crippen molar-refractivity contribution < 1.29 is 14.3 Å². The average molecular weight is 306 g/mol. The monoisotopic (exact) mass is 306 g/mol. The van der Waals surface area contributed by atoms with E-state index in [1.54, 1.807) is 0 Å². The van der Waals surface area contributed by atoms with Crippen LogP contribution in [0, 0.1) is 19.8 Å². The maximum absolute atomic E-state index is 12.5. The molecule has 1 aromatic heterocycles. The van der Waals surface area contributed by atoms with Crippen molar-refractivity contribution in [2.24, 2.45) is 5.92 Å². The van der Waals surface area contributed by atoms with E-state index in [0.29, 0.717) is 11.6 Å². The molecule has 2 N–H and O–H groups in total. The molecule has 1 fully saturated rings. The van der Waals surface area contributed by atoms with Gasteiger partial charge in [0.05, 0.1) is 13.5 Å². The predicted octanol–water partition coefficient (Wildman–Crippen LogP) is 2.87. The van der Waals surface area contributed by atoms with E-state index in [4.69, 9.17) is 4.74 Å². The van der Waals surface area contributed by atoms with Gasteiger partial charge in [0.2, 0.25) is 0 Å². The molecule has 122 valence electrons. The van der Waals surface area contributed by atoms with Gasteiger partial charge in [-0.05, 0) is 43.7 Å². The van der Waals surface area contributed by atoms with Crippen LogP contribution in [0.5, 0.6) is 0 Å². The Labute approximate surface area is 131 Å². The lowest BCUT2D eigenvalue weighted by Gasteiger charge is -2.30. The van der Waals surface area contributed by atoms with Gasteiger partial charge in [-0.15, -0.1) is 0 Å². The van der Waals surface area contributed by atoms with Crippen molar-refractivity contribution in [3.05, 3.63) is 23.0 Å². The number of esters is 1. The third kappa shape index (κ3) is 3.90. The highest BCUT2D eigenvalue weighted by atomic mass is 16.5. The van der Waals surface area contributed by atoms with E-state index in [1.165, 1.54) is 26.4 Å². The lowest BCUT2D eigenvalue weighted by atomic mass is 9.82. The quantitative estimate of drug-likeness (QED) is 0.822. The molecule has 22 heavy (non-hydrogen) atoms. The van der Waals surface area contributed by atoms with Gasteiger partial charge in [-0.25, -0.2) is 0 Å². The number of rotatable bonds is 5. The van der Waals surface area contributed by atoms with Gasteiger partial charge in [-0.1, -0.05) is 19.3 Å². The van der Waals surface area contributed by atoms with Crippen LogP contribution in [0.1, 0.15) is 60.1 Å². The van der Waals surface area contributed by atoms with Crippen molar-refractivity contribution in [2.45, 2.75) is 58.4 Å². The first kappa shape index (κ1) is 16.6. The molecule has 1 heterocycles. The van der Waals surface area contributed by atoms with Crippen LogP contribution in [-0.2, 0) is 9.53 Å². The number of ether oxygens (including phenoxy) is 1. The Morgan fingerprint density at radius 2 is 2.00 bits per heavy atom. The van der Waals surface area contributed by atoms with E-state index in [9.17, 15) is 9.59 Å². The molecule has 1 atom stereocenters. The lowest BCUT2D eigenvalue weighted by Crippen LogP contribution is -2.43. The van der Waals surface area contributed by atoms with Crippen molar-refractivity contribution in [3.8, 4) is 0 Å². The van der Waals surface area contributed by atoms with Gasteiger partial charge >= 0.3 is 5.97 Å². The first-order valence-electron chi connectivity index (χ1n) is 8.05. The number of carbonyl (C=O) groups is 2. The highest BCUT2D eigenvalue weighted by Gasteiger charge is 2.28. The molecule has 0 bridgehead atoms. The molecule has 1 saturated carbocycles. The average Bonchev–Trinajstić information content (AvgIpc) is 2.87. The van der Waals surface area contributed by atoms with Crippen LogP contribution in [-0.4, -0.2) is 30.0 Å². The summed E-state index contributed by atoms with van der Waals surface area (Å²) in [4.78, 5) is 27.2. The van der Waals surface area contributed by atoms with Crippen molar-refractivity contribution in [1.82, 2.24) is 10.3 Å². The van der Waals surface area contributed by atoms with Crippen molar-refractivity contribution in [3.63, 3.8) is 0 Å². The minimum Gasteiger partial charge on any atom is -0.469 e. The van der Waals surface area contributed by atoms with E-state index < -0.39 is 0 Å². The Hall–Kier alpha value is -1.78. The minimum absolute atomic E-state index is 0.134. The Morgan fingerprint density at radius 3 is 2.55 bits per heavy atom. The van der Waals surface area contributed by atoms with Crippen molar-refractivity contribution in [1.29, 1.82) is 0 Å². The molecule has 0 aliphatic heterocycles. The molecule has 5 nitrogen and oxygen atoms in total. The molecule has 0 radical (unpaired) electrons. The number of aromatic nitrogens is 1. The number of methoxy groups -OCH3 is 1. The van der Waals surface area contributed by atoms with Gasteiger partial charge in [0.15, 0.2) is 0 Å². The number of H-pyrrole nitrogens is 1. The smallest absolute Gasteiger partial charge is 0.307 e. The van der Waals surface area contributed by atoms with E-state index in [0.717, 1.165) is 24.0 Å². The molecule has 1 aromatic rings. The van der Waals surface area contributed by atoms with Crippen molar-refractivity contribution >= 4 is 11.9 Å². The predicted molar refractivity (Wildman–Crippen MR) is 84.7 cm³/mol. The second kappa shape index (κ2) is 7.47. The molecule has 1 amide bonds. The molecule has 0 saturated heterocycles. The Morgan fingerprint density at radius 1 is 1.32 bits per heavy atom. The minimum atomic E-state index is -0.268. The zero-order valence-corrected chi connectivity index (χ0v) is 13.7. The van der Waals surface area contributed by atoms with E-state index in [-0.39, 0.29) is 24.3 Å². The number of aromatic amines is 1. The van der Waals surface area contributed by atoms with Crippen LogP contribution in [0.2, 0.25) is 0 Å². The van der Waals surface area contributed by atoms with Gasteiger partial charge in [0, 0.05) is 12.2 Å². The van der Waals surface area contributed by atoms with Gasteiger partial charge in [0.1, 0.15) is 5.69 Å². The third-order valence-corrected chi connectivity index (χ3v) is 4.78. The summed E-state index contributed by atoms with van der Waals surface area (Å²) in [7, 11) is 1.39. The molecule has 0 aromatic carbocycles. The van der Waals surface area contributed by atoms with E-state index in [1.807, 2.05) is 20.0 Å². The van der Waals surface area contributed by atoms with Gasteiger partial charge < -0.3 is 15.0 Å². The maximum Gasteiger partial charge on any atom is 0.307 e. The molecule has 1 unspecified atom stereocenters. The Bertz CT molecular complexity index is 530. The van der Waals surface area contributed by atoms with Crippen LogP contribution >= 0.6 is 0 Å². The Balaban J connectivity index is 2.09. The fraction of sp³-hybridized carbons (Fsp3) is 0.647. The maximum atomic E-state index is 12.5. The zero-order valence-electron chi connectivity index (χ0n) is 13.7. The largest absolute Gasteiger partial charge is 0.469 e. The number of carbonyl (C=O) groups excluding carboxylic acids is 2. The normalized spacial score (nSPS) is 17.0. The summed E-state index contributed by atoms with van der Waals surface area (Å²) >= 11 is 0. The second-order valence-electron chi connectivity index (χ2n) is 6.23. The molecular formula is C17H26N2O3. The van der Waals surface area contributed by atoms with Crippen LogP contribution in [0.3, 0.4) is 0 Å². The summed E-state index contributed by atoms with van der Waals surface area (Å²) in [5.41, 5.74) is 2.61. The standard InChI is InChI=1S/C17H26N2O3/c1-11-10-18-16(12(11)2)17(21)19-14(9-15(20)22-3)13-7-5-4-6-8-13/h10,13-14,18H,4-9H2,1-3H3,(H,19,21). The molecular weight excluding hydrogens is 280 g/mol. The van der Waals surface area contributed by atoms with E-state index in [2.05, 4.69) is 10.3 Å². The second-order valence-corrected chi connectivity index (χ2v) is 6.23. The molecule has 2 rings (SSSR count). The summed E-state index contributed by atoms with van der Waals surface area (Å²) in [6.07, 6.45) is 7.77. The summed E-state index contributed by atoms with van der Waals surface area (Å²) in [5, 5.41) is 3.05. The van der Waals surface area contributed by atoms with Gasteiger partial charge in [0.25, 0.3) is 5.91 Å². The lowest BCUT2D eigenvalue weighted by molar-refractivity contribution is -0.141. The summed E-state index contributed by atoms with van der Waals surface area (Å²) in [6, 6.07) is -0.150. The summed E-state index contributed by atoms with van der Waals surface area (Å²) in [5.74, 6) is -0.0477. The van der Waals surface area contributed by atoms with Crippen LogP contribution in [0.15, 0.2) is 6.20 Å². The fourth-order valence-electron chi connectivity index (χ4n) is 3.21. The third-order valence-electron chi connectivity index (χ3n) is 4.78.